The molecule has 0 N–H and O–H groups in total. The summed E-state index contributed by atoms with van der Waals surface area (Å²) >= 11 is 0. The molecular weight excluding hydrogens is 524 g/mol. The van der Waals surface area contributed by atoms with E-state index in [1.807, 2.05) is 0 Å². The average molecular weight is 573 g/mol. The van der Waals surface area contributed by atoms with Crippen LogP contribution in [0.1, 0.15) is 100 Å². The lowest BCUT2D eigenvalue weighted by Crippen LogP contribution is -2.39. The largest absolute Gasteiger partial charge is 0.494 e. The first-order valence-corrected chi connectivity index (χ1v) is 16.6. The van der Waals surface area contributed by atoms with Crippen LogP contribution in [0.25, 0.3) is 5.57 Å². The van der Waals surface area contributed by atoms with Crippen LogP contribution in [-0.2, 0) is 5.41 Å². The van der Waals surface area contributed by atoms with E-state index in [1.54, 1.807) is 0 Å². The summed E-state index contributed by atoms with van der Waals surface area (Å²) in [6, 6.07) is 39.7. The van der Waals surface area contributed by atoms with Crippen LogP contribution in [0.3, 0.4) is 0 Å². The smallest absolute Gasteiger partial charge is 0.119 e. The molecule has 43 heavy (non-hydrogen) atoms. The average Bonchev–Trinajstić information content (AvgIpc) is 3.05. The van der Waals surface area contributed by atoms with E-state index in [0.29, 0.717) is 0 Å². The lowest BCUT2D eigenvalue weighted by atomic mass is 9.55. The molecule has 2 heteroatoms. The Morgan fingerprint density at radius 2 is 0.977 bits per heavy atom. The molecule has 4 aromatic rings. The maximum Gasteiger partial charge on any atom is 0.119 e. The van der Waals surface area contributed by atoms with Gasteiger partial charge in [-0.25, -0.2) is 0 Å². The first kappa shape index (κ1) is 30.7. The van der Waals surface area contributed by atoms with Crippen molar-refractivity contribution in [2.24, 2.45) is 0 Å². The summed E-state index contributed by atoms with van der Waals surface area (Å²) in [5.74, 6) is 1.89. The van der Waals surface area contributed by atoms with E-state index in [-0.39, 0.29) is 5.41 Å². The van der Waals surface area contributed by atoms with Crippen molar-refractivity contribution in [1.29, 1.82) is 0 Å². The Bertz CT molecular complexity index is 1300. The summed E-state index contributed by atoms with van der Waals surface area (Å²) in [5, 5.41) is 0. The Morgan fingerprint density at radius 1 is 0.535 bits per heavy atom. The van der Waals surface area contributed by atoms with Crippen molar-refractivity contribution in [2.75, 3.05) is 13.2 Å². The van der Waals surface area contributed by atoms with Gasteiger partial charge in [0.25, 0.3) is 0 Å². The SMILES string of the molecule is CCCCCCOc1ccc(C(=C2CCC2(c2ccccc2)c2ccccc2)c2ccc(OCCCCCC)cc2)cc1. The highest BCUT2D eigenvalue weighted by Gasteiger charge is 2.46. The van der Waals surface area contributed by atoms with Crippen LogP contribution in [0.5, 0.6) is 11.5 Å². The lowest BCUT2D eigenvalue weighted by molar-refractivity contribution is 0.305. The van der Waals surface area contributed by atoms with Crippen molar-refractivity contribution in [3.8, 4) is 11.5 Å². The number of allylic oxidation sites excluding steroid dienone is 1. The van der Waals surface area contributed by atoms with Crippen LogP contribution in [0.15, 0.2) is 115 Å². The number of hydrogen-bond donors (Lipinski definition) is 0. The second-order valence-corrected chi connectivity index (χ2v) is 11.9. The van der Waals surface area contributed by atoms with E-state index < -0.39 is 0 Å². The molecule has 1 fully saturated rings. The highest BCUT2D eigenvalue weighted by Crippen LogP contribution is 2.56. The molecule has 0 amide bonds. The molecule has 1 aliphatic rings. The molecule has 0 saturated heterocycles. The summed E-state index contributed by atoms with van der Waals surface area (Å²) in [6.07, 6.45) is 11.8. The molecule has 5 rings (SSSR count). The molecule has 1 saturated carbocycles. The standard InChI is InChI=1S/C41H48O2/c1-3-5-7-15-31-42-37-25-21-33(22-26-37)40(34-23-27-38(28-24-34)43-32-16-8-6-4-2)39-29-30-41(39,35-17-11-9-12-18-35)36-19-13-10-14-20-36/h9-14,17-28H,3-8,15-16,29-32H2,1-2H3. The molecule has 0 aromatic heterocycles. The summed E-state index contributed by atoms with van der Waals surface area (Å²) in [4.78, 5) is 0. The number of benzene rings is 4. The quantitative estimate of drug-likeness (QED) is 0.124. The Morgan fingerprint density at radius 3 is 1.35 bits per heavy atom. The van der Waals surface area contributed by atoms with Crippen LogP contribution >= 0.6 is 0 Å². The van der Waals surface area contributed by atoms with E-state index in [4.69, 9.17) is 9.47 Å². The molecule has 0 aliphatic heterocycles. The van der Waals surface area contributed by atoms with Gasteiger partial charge in [0.05, 0.1) is 13.2 Å². The zero-order valence-electron chi connectivity index (χ0n) is 26.2. The summed E-state index contributed by atoms with van der Waals surface area (Å²) in [7, 11) is 0. The molecule has 4 aromatic carbocycles. The Balaban J connectivity index is 1.51. The van der Waals surface area contributed by atoms with Gasteiger partial charge in [-0.1, -0.05) is 137 Å². The highest BCUT2D eigenvalue weighted by molar-refractivity contribution is 5.86. The summed E-state index contributed by atoms with van der Waals surface area (Å²) in [5.41, 5.74) is 7.84. The van der Waals surface area contributed by atoms with E-state index in [1.165, 1.54) is 71.9 Å². The third-order valence-electron chi connectivity index (χ3n) is 8.92. The van der Waals surface area contributed by atoms with Gasteiger partial charge in [0.15, 0.2) is 0 Å². The van der Waals surface area contributed by atoms with Gasteiger partial charge in [-0.05, 0) is 83.3 Å². The summed E-state index contributed by atoms with van der Waals surface area (Å²) in [6.45, 7) is 6.04. The molecule has 0 spiro atoms. The fourth-order valence-electron chi connectivity index (χ4n) is 6.48. The first-order chi connectivity index (χ1) is 21.3. The van der Waals surface area contributed by atoms with Crippen LogP contribution in [-0.4, -0.2) is 13.2 Å². The van der Waals surface area contributed by atoms with Crippen LogP contribution in [0.2, 0.25) is 0 Å². The molecule has 0 atom stereocenters. The monoisotopic (exact) mass is 572 g/mol. The molecule has 2 nitrogen and oxygen atoms in total. The van der Waals surface area contributed by atoms with Crippen molar-refractivity contribution in [3.63, 3.8) is 0 Å². The van der Waals surface area contributed by atoms with Crippen molar-refractivity contribution >= 4 is 5.57 Å². The van der Waals surface area contributed by atoms with Gasteiger partial charge in [-0.2, -0.15) is 0 Å². The topological polar surface area (TPSA) is 18.5 Å². The van der Waals surface area contributed by atoms with E-state index in [9.17, 15) is 0 Å². The minimum absolute atomic E-state index is 0.152. The minimum Gasteiger partial charge on any atom is -0.494 e. The Hall–Kier alpha value is -3.78. The second kappa shape index (κ2) is 15.6. The van der Waals surface area contributed by atoms with Crippen LogP contribution in [0, 0.1) is 0 Å². The van der Waals surface area contributed by atoms with Crippen LogP contribution in [0.4, 0.5) is 0 Å². The second-order valence-electron chi connectivity index (χ2n) is 11.9. The van der Waals surface area contributed by atoms with E-state index in [0.717, 1.165) is 50.4 Å². The molecular formula is C41H48O2. The van der Waals surface area contributed by atoms with E-state index >= 15 is 0 Å². The third kappa shape index (κ3) is 7.42. The maximum atomic E-state index is 6.12. The van der Waals surface area contributed by atoms with Crippen LogP contribution < -0.4 is 9.47 Å². The molecule has 0 heterocycles. The highest BCUT2D eigenvalue weighted by atomic mass is 16.5. The Kier molecular flexibility index (Phi) is 11.1. The third-order valence-corrected chi connectivity index (χ3v) is 8.92. The molecule has 1 aliphatic carbocycles. The normalized spacial score (nSPS) is 13.8. The van der Waals surface area contributed by atoms with Gasteiger partial charge in [0.1, 0.15) is 11.5 Å². The van der Waals surface area contributed by atoms with Crippen molar-refractivity contribution in [3.05, 3.63) is 137 Å². The maximum absolute atomic E-state index is 6.12. The van der Waals surface area contributed by atoms with Gasteiger partial charge in [-0.15, -0.1) is 0 Å². The number of rotatable bonds is 16. The Labute approximate surface area is 259 Å². The number of hydrogen-bond acceptors (Lipinski definition) is 2. The van der Waals surface area contributed by atoms with Gasteiger partial charge in [0, 0.05) is 5.41 Å². The van der Waals surface area contributed by atoms with Crippen molar-refractivity contribution < 1.29 is 9.47 Å². The fourth-order valence-corrected chi connectivity index (χ4v) is 6.48. The predicted octanol–water partition coefficient (Wildman–Crippen LogP) is 11.2. The zero-order valence-corrected chi connectivity index (χ0v) is 26.2. The molecule has 224 valence electrons. The molecule has 0 radical (unpaired) electrons. The van der Waals surface area contributed by atoms with Gasteiger partial charge >= 0.3 is 0 Å². The first-order valence-electron chi connectivity index (χ1n) is 16.6. The molecule has 0 bridgehead atoms. The number of unbranched alkanes of at least 4 members (excludes halogenated alkanes) is 6. The van der Waals surface area contributed by atoms with E-state index in [2.05, 4.69) is 123 Å². The number of ether oxygens (including phenoxy) is 2. The van der Waals surface area contributed by atoms with Crippen molar-refractivity contribution in [2.45, 2.75) is 83.5 Å². The fraction of sp³-hybridized carbons (Fsp3) is 0.366. The van der Waals surface area contributed by atoms with Gasteiger partial charge < -0.3 is 9.47 Å². The van der Waals surface area contributed by atoms with Gasteiger partial charge in [-0.3, -0.25) is 0 Å². The van der Waals surface area contributed by atoms with Crippen molar-refractivity contribution in [1.82, 2.24) is 0 Å². The van der Waals surface area contributed by atoms with Gasteiger partial charge in [0.2, 0.25) is 0 Å². The lowest BCUT2D eigenvalue weighted by Gasteiger charge is -2.48. The zero-order chi connectivity index (χ0) is 29.7. The minimum atomic E-state index is -0.152. The summed E-state index contributed by atoms with van der Waals surface area (Å²) < 4.78 is 12.2. The predicted molar refractivity (Wildman–Crippen MR) is 181 cm³/mol. The molecule has 0 unspecified atom stereocenters.